The Morgan fingerprint density at radius 1 is 0.309 bits per heavy atom. The molecule has 0 heterocycles. The van der Waals surface area contributed by atoms with E-state index in [9.17, 15) is 43.2 Å². The van der Waals surface area contributed by atoms with Crippen LogP contribution in [0.4, 0.5) is 0 Å². The van der Waals surface area contributed by atoms with Gasteiger partial charge in [-0.1, -0.05) is 331 Å². The number of hydrogen-bond donors (Lipinski definition) is 3. The minimum absolute atomic E-state index is 0.104. The van der Waals surface area contributed by atoms with Crippen LogP contribution < -0.4 is 0 Å². The number of unbranched alkanes of at least 4 members (excludes halogenated alkanes) is 40. The standard InChI is InChI=1S/C75H146O17P2/c1-8-10-11-12-13-14-15-16-17-18-19-20-23-27-37-44-51-58-74(79)91-70(62-85-72(77)56-49-42-35-26-24-21-22-25-32-39-46-53-66(3)4)64-89-93(81,82)87-60-69(76)61-88-94(83,84)90-65-71(63-86-73(78)57-50-43-36-30-28-33-40-47-54-67(5)6)92-75(80)59-52-45-38-31-29-34-41-48-55-68(7)9-2/h66-71,76H,8-65H2,1-7H3,(H,81,82)(H,83,84)/t68?,69-,70-,71-/m1/s1. The van der Waals surface area contributed by atoms with Crippen LogP contribution >= 0.6 is 15.6 Å². The van der Waals surface area contributed by atoms with Gasteiger partial charge in [-0.25, -0.2) is 9.13 Å². The molecule has 0 rings (SSSR count). The largest absolute Gasteiger partial charge is 0.472 e. The van der Waals surface area contributed by atoms with Crippen molar-refractivity contribution in [1.82, 2.24) is 0 Å². The average Bonchev–Trinajstić information content (AvgIpc) is 2.23. The van der Waals surface area contributed by atoms with Crippen molar-refractivity contribution in [2.45, 2.75) is 401 Å². The van der Waals surface area contributed by atoms with Gasteiger partial charge in [0.15, 0.2) is 12.2 Å². The van der Waals surface area contributed by atoms with Crippen LogP contribution in [0.15, 0.2) is 0 Å². The number of aliphatic hydroxyl groups excluding tert-OH is 1. The maximum atomic E-state index is 13.1. The lowest BCUT2D eigenvalue weighted by Crippen LogP contribution is -2.30. The Morgan fingerprint density at radius 2 is 0.543 bits per heavy atom. The molecule has 19 heteroatoms. The fraction of sp³-hybridized carbons (Fsp3) is 0.947. The second kappa shape index (κ2) is 65.7. The third-order valence-corrected chi connectivity index (χ3v) is 19.6. The van der Waals surface area contributed by atoms with E-state index >= 15 is 0 Å². The molecule has 0 bridgehead atoms. The highest BCUT2D eigenvalue weighted by molar-refractivity contribution is 7.47. The Labute approximate surface area is 575 Å². The van der Waals surface area contributed by atoms with Gasteiger partial charge in [0.25, 0.3) is 0 Å². The normalized spacial score (nSPS) is 14.4. The molecule has 0 fully saturated rings. The SMILES string of the molecule is CCCCCCCCCCCCCCCCCCCC(=O)O[C@H](COC(=O)CCCCCCCCCCCCCC(C)C)COP(=O)(O)OC[C@@H](O)COP(=O)(O)OC[C@@H](COC(=O)CCCCCCCCCCC(C)C)OC(=O)CCCCCCCCCCC(C)CC. The molecule has 0 aliphatic heterocycles. The van der Waals surface area contributed by atoms with E-state index in [2.05, 4.69) is 48.5 Å². The molecule has 0 saturated heterocycles. The number of carbonyl (C=O) groups excluding carboxylic acids is 4. The number of phosphoric acid groups is 2. The number of ether oxygens (including phenoxy) is 4. The Morgan fingerprint density at radius 3 is 0.809 bits per heavy atom. The van der Waals surface area contributed by atoms with Crippen molar-refractivity contribution >= 4 is 39.5 Å². The van der Waals surface area contributed by atoms with E-state index in [-0.39, 0.29) is 25.7 Å². The molecule has 0 spiro atoms. The molecule has 0 radical (unpaired) electrons. The van der Waals surface area contributed by atoms with Crippen LogP contribution in [0.25, 0.3) is 0 Å². The van der Waals surface area contributed by atoms with Crippen LogP contribution in [0.3, 0.4) is 0 Å². The zero-order chi connectivity index (χ0) is 69.4. The zero-order valence-electron chi connectivity index (χ0n) is 61.4. The monoisotopic (exact) mass is 1380 g/mol. The summed E-state index contributed by atoms with van der Waals surface area (Å²) in [5, 5.41) is 10.6. The van der Waals surface area contributed by atoms with Gasteiger partial charge >= 0.3 is 39.5 Å². The molecule has 0 saturated carbocycles. The number of carbonyl (C=O) groups is 4. The topological polar surface area (TPSA) is 237 Å². The van der Waals surface area contributed by atoms with Crippen molar-refractivity contribution < 1.29 is 80.2 Å². The van der Waals surface area contributed by atoms with Crippen molar-refractivity contribution in [3.05, 3.63) is 0 Å². The highest BCUT2D eigenvalue weighted by Crippen LogP contribution is 2.45. The molecule has 558 valence electrons. The number of aliphatic hydroxyl groups is 1. The predicted molar refractivity (Wildman–Crippen MR) is 381 cm³/mol. The van der Waals surface area contributed by atoms with Gasteiger partial charge in [-0.05, 0) is 43.4 Å². The summed E-state index contributed by atoms with van der Waals surface area (Å²) < 4.78 is 68.5. The van der Waals surface area contributed by atoms with Crippen LogP contribution in [0.1, 0.15) is 382 Å². The molecule has 0 amide bonds. The maximum absolute atomic E-state index is 13.1. The Bertz CT molecular complexity index is 1840. The summed E-state index contributed by atoms with van der Waals surface area (Å²) in [4.78, 5) is 72.8. The summed E-state index contributed by atoms with van der Waals surface area (Å²) in [5.74, 6) is 0.147. The summed E-state index contributed by atoms with van der Waals surface area (Å²) in [6, 6.07) is 0. The third-order valence-electron chi connectivity index (χ3n) is 17.7. The minimum atomic E-state index is -4.96. The summed E-state index contributed by atoms with van der Waals surface area (Å²) >= 11 is 0. The molecule has 0 aromatic carbocycles. The molecule has 3 unspecified atom stereocenters. The number of esters is 4. The molecule has 0 aromatic rings. The first-order valence-electron chi connectivity index (χ1n) is 38.9. The first-order valence-corrected chi connectivity index (χ1v) is 41.9. The van der Waals surface area contributed by atoms with E-state index in [1.165, 1.54) is 193 Å². The predicted octanol–water partition coefficient (Wildman–Crippen LogP) is 21.8. The molecule has 94 heavy (non-hydrogen) atoms. The molecular weight excluding hydrogens is 1230 g/mol. The second-order valence-corrected chi connectivity index (χ2v) is 31.1. The van der Waals surface area contributed by atoms with Crippen LogP contribution in [0, 0.1) is 17.8 Å². The van der Waals surface area contributed by atoms with Crippen LogP contribution in [-0.4, -0.2) is 96.7 Å². The lowest BCUT2D eigenvalue weighted by Gasteiger charge is -2.21. The number of rotatable bonds is 73. The lowest BCUT2D eigenvalue weighted by molar-refractivity contribution is -0.161. The van der Waals surface area contributed by atoms with Gasteiger partial charge in [-0.3, -0.25) is 37.3 Å². The fourth-order valence-corrected chi connectivity index (χ4v) is 13.0. The Balaban J connectivity index is 5.26. The number of phosphoric ester groups is 2. The molecule has 0 aliphatic rings. The molecule has 0 aliphatic carbocycles. The molecule has 0 aromatic heterocycles. The average molecular weight is 1380 g/mol. The summed E-state index contributed by atoms with van der Waals surface area (Å²) in [6.07, 6.45) is 51.3. The fourth-order valence-electron chi connectivity index (χ4n) is 11.4. The van der Waals surface area contributed by atoms with Crippen molar-refractivity contribution in [2.75, 3.05) is 39.6 Å². The van der Waals surface area contributed by atoms with Crippen molar-refractivity contribution in [3.63, 3.8) is 0 Å². The second-order valence-electron chi connectivity index (χ2n) is 28.2. The van der Waals surface area contributed by atoms with E-state index in [1.807, 2.05) is 0 Å². The van der Waals surface area contributed by atoms with E-state index in [0.717, 1.165) is 108 Å². The highest BCUT2D eigenvalue weighted by atomic mass is 31.2. The minimum Gasteiger partial charge on any atom is -0.462 e. The van der Waals surface area contributed by atoms with Gasteiger partial charge in [0.1, 0.15) is 19.3 Å². The van der Waals surface area contributed by atoms with Gasteiger partial charge in [0.2, 0.25) is 0 Å². The van der Waals surface area contributed by atoms with Gasteiger partial charge in [-0.2, -0.15) is 0 Å². The van der Waals surface area contributed by atoms with Crippen molar-refractivity contribution in [3.8, 4) is 0 Å². The van der Waals surface area contributed by atoms with E-state index < -0.39 is 97.5 Å². The quantitative estimate of drug-likeness (QED) is 0.0222. The molecular formula is C75H146O17P2. The van der Waals surface area contributed by atoms with Crippen molar-refractivity contribution in [1.29, 1.82) is 0 Å². The third kappa shape index (κ3) is 67.3. The molecule has 6 atom stereocenters. The Hall–Kier alpha value is -1.94. The van der Waals surface area contributed by atoms with Crippen LogP contribution in [0.2, 0.25) is 0 Å². The lowest BCUT2D eigenvalue weighted by atomic mass is 9.99. The zero-order valence-corrected chi connectivity index (χ0v) is 63.2. The number of hydrogen-bond acceptors (Lipinski definition) is 15. The summed E-state index contributed by atoms with van der Waals surface area (Å²) in [7, 11) is -9.91. The van der Waals surface area contributed by atoms with Gasteiger partial charge in [-0.15, -0.1) is 0 Å². The smallest absolute Gasteiger partial charge is 0.462 e. The molecule has 17 nitrogen and oxygen atoms in total. The van der Waals surface area contributed by atoms with Crippen LogP contribution in [0.5, 0.6) is 0 Å². The summed E-state index contributed by atoms with van der Waals surface area (Å²) in [5.41, 5.74) is 0. The van der Waals surface area contributed by atoms with E-state index in [4.69, 9.17) is 37.0 Å². The maximum Gasteiger partial charge on any atom is 0.472 e. The van der Waals surface area contributed by atoms with Gasteiger partial charge < -0.3 is 33.8 Å². The highest BCUT2D eigenvalue weighted by Gasteiger charge is 2.30. The first kappa shape index (κ1) is 92.1. The van der Waals surface area contributed by atoms with E-state index in [1.54, 1.807) is 0 Å². The van der Waals surface area contributed by atoms with Gasteiger partial charge in [0, 0.05) is 25.7 Å². The van der Waals surface area contributed by atoms with Crippen molar-refractivity contribution in [2.24, 2.45) is 17.8 Å². The van der Waals surface area contributed by atoms with E-state index in [0.29, 0.717) is 25.7 Å². The Kier molecular flexibility index (Phi) is 64.3. The van der Waals surface area contributed by atoms with Crippen LogP contribution in [-0.2, 0) is 65.4 Å². The van der Waals surface area contributed by atoms with Gasteiger partial charge in [0.05, 0.1) is 26.4 Å². The summed E-state index contributed by atoms with van der Waals surface area (Å²) in [6.45, 7) is 11.9. The molecule has 3 N–H and O–H groups in total. The first-order chi connectivity index (χ1) is 45.3.